The van der Waals surface area contributed by atoms with Crippen LogP contribution in [-0.4, -0.2) is 0 Å². The summed E-state index contributed by atoms with van der Waals surface area (Å²) in [6.45, 7) is 3.77. The van der Waals surface area contributed by atoms with E-state index in [0.717, 1.165) is 0 Å². The van der Waals surface area contributed by atoms with Gasteiger partial charge in [-0.25, -0.2) is 0 Å². The van der Waals surface area contributed by atoms with Gasteiger partial charge < -0.3 is 0 Å². The van der Waals surface area contributed by atoms with Gasteiger partial charge in [0.05, 0.1) is 0 Å². The maximum absolute atomic E-state index is 3.77. The SMILES string of the molecule is C=CC=Cc1ccc(-c2ccccc2)c2c1-c1ccccc1-2. The van der Waals surface area contributed by atoms with Crippen molar-refractivity contribution in [1.29, 1.82) is 0 Å². The van der Waals surface area contributed by atoms with Crippen LogP contribution in [0.2, 0.25) is 0 Å². The van der Waals surface area contributed by atoms with E-state index in [4.69, 9.17) is 0 Å². The summed E-state index contributed by atoms with van der Waals surface area (Å²) in [5, 5.41) is 0. The molecule has 0 N–H and O–H groups in total. The summed E-state index contributed by atoms with van der Waals surface area (Å²) in [5.41, 5.74) is 9.26. The van der Waals surface area contributed by atoms with Crippen molar-refractivity contribution in [1.82, 2.24) is 0 Å². The smallest absolute Gasteiger partial charge is 0.00143 e. The Morgan fingerprint density at radius 3 is 2.05 bits per heavy atom. The van der Waals surface area contributed by atoms with Gasteiger partial charge in [0.25, 0.3) is 0 Å². The summed E-state index contributed by atoms with van der Waals surface area (Å²) in [6.07, 6.45) is 5.96. The second kappa shape index (κ2) is 5.16. The molecule has 0 aliphatic heterocycles. The van der Waals surface area contributed by atoms with Crippen LogP contribution >= 0.6 is 0 Å². The van der Waals surface area contributed by atoms with Crippen LogP contribution < -0.4 is 0 Å². The molecule has 0 nitrogen and oxygen atoms in total. The first kappa shape index (κ1) is 12.8. The zero-order valence-corrected chi connectivity index (χ0v) is 12.3. The Labute approximate surface area is 131 Å². The number of benzene rings is 3. The minimum absolute atomic E-state index is 1.26. The van der Waals surface area contributed by atoms with Crippen molar-refractivity contribution >= 4 is 6.08 Å². The largest absolute Gasteiger partial charge is 0.0991 e. The fourth-order valence-electron chi connectivity index (χ4n) is 3.21. The van der Waals surface area contributed by atoms with Crippen molar-refractivity contribution in [2.24, 2.45) is 0 Å². The minimum Gasteiger partial charge on any atom is -0.0991 e. The zero-order chi connectivity index (χ0) is 14.9. The molecule has 1 aliphatic rings. The molecule has 0 unspecified atom stereocenters. The summed E-state index contributed by atoms with van der Waals surface area (Å²) in [4.78, 5) is 0. The topological polar surface area (TPSA) is 0 Å². The van der Waals surface area contributed by atoms with E-state index in [9.17, 15) is 0 Å². The first-order valence-electron chi connectivity index (χ1n) is 7.51. The van der Waals surface area contributed by atoms with Crippen molar-refractivity contribution in [3.63, 3.8) is 0 Å². The zero-order valence-electron chi connectivity index (χ0n) is 12.3. The molecule has 0 fully saturated rings. The number of fused-ring (bicyclic) bond motifs is 4. The van der Waals surface area contributed by atoms with Crippen LogP contribution in [0.3, 0.4) is 0 Å². The lowest BCUT2D eigenvalue weighted by Crippen LogP contribution is -2.03. The van der Waals surface area contributed by atoms with E-state index >= 15 is 0 Å². The fraction of sp³-hybridized carbons (Fsp3) is 0. The lowest BCUT2D eigenvalue weighted by molar-refractivity contribution is 1.49. The van der Waals surface area contributed by atoms with Gasteiger partial charge in [-0.3, -0.25) is 0 Å². The van der Waals surface area contributed by atoms with Crippen LogP contribution in [0.25, 0.3) is 39.5 Å². The second-order valence-corrected chi connectivity index (χ2v) is 5.46. The predicted octanol–water partition coefficient (Wildman–Crippen LogP) is 6.20. The van der Waals surface area contributed by atoms with E-state index in [-0.39, 0.29) is 0 Å². The Balaban J connectivity index is 1.97. The third-order valence-corrected chi connectivity index (χ3v) is 4.20. The van der Waals surface area contributed by atoms with Crippen molar-refractivity contribution in [3.05, 3.63) is 91.0 Å². The molecule has 0 heteroatoms. The Hall–Kier alpha value is -2.86. The summed E-state index contributed by atoms with van der Waals surface area (Å²) in [5.74, 6) is 0. The lowest BCUT2D eigenvalue weighted by atomic mass is 9.74. The highest BCUT2D eigenvalue weighted by Gasteiger charge is 2.27. The molecule has 0 spiro atoms. The lowest BCUT2D eigenvalue weighted by Gasteiger charge is -2.29. The number of hydrogen-bond donors (Lipinski definition) is 0. The minimum atomic E-state index is 1.26. The molecule has 1 aliphatic carbocycles. The second-order valence-electron chi connectivity index (χ2n) is 5.46. The Bertz CT molecular complexity index is 883. The molecule has 0 atom stereocenters. The first-order valence-corrected chi connectivity index (χ1v) is 7.51. The normalized spacial score (nSPS) is 11.6. The summed E-state index contributed by atoms with van der Waals surface area (Å²) < 4.78 is 0. The van der Waals surface area contributed by atoms with E-state index in [1.54, 1.807) is 0 Å². The quantitative estimate of drug-likeness (QED) is 0.392. The van der Waals surface area contributed by atoms with Gasteiger partial charge in [0.15, 0.2) is 0 Å². The summed E-state index contributed by atoms with van der Waals surface area (Å²) in [7, 11) is 0. The van der Waals surface area contributed by atoms with Crippen molar-refractivity contribution in [3.8, 4) is 33.4 Å². The Morgan fingerprint density at radius 1 is 0.636 bits per heavy atom. The van der Waals surface area contributed by atoms with Gasteiger partial charge in [-0.15, -0.1) is 0 Å². The molecule has 0 saturated carbocycles. The third kappa shape index (κ3) is 1.85. The monoisotopic (exact) mass is 280 g/mol. The predicted molar refractivity (Wildman–Crippen MR) is 95.5 cm³/mol. The standard InChI is InChI=1S/C22H16/c1-2-3-9-17-14-15-18(16-10-5-4-6-11-16)22-20-13-8-7-12-19(20)21(17)22/h2-15H,1H2. The van der Waals surface area contributed by atoms with Gasteiger partial charge in [-0.1, -0.05) is 91.5 Å². The molecule has 3 aromatic rings. The molecule has 0 saturated heterocycles. The summed E-state index contributed by atoms with van der Waals surface area (Å²) in [6, 6.07) is 23.7. The molecule has 0 bridgehead atoms. The van der Waals surface area contributed by atoms with Crippen molar-refractivity contribution in [2.45, 2.75) is 0 Å². The molecule has 104 valence electrons. The molecular weight excluding hydrogens is 264 g/mol. The maximum atomic E-state index is 3.77. The van der Waals surface area contributed by atoms with Crippen molar-refractivity contribution < 1.29 is 0 Å². The molecule has 0 radical (unpaired) electrons. The highest BCUT2D eigenvalue weighted by atomic mass is 14.3. The Morgan fingerprint density at radius 2 is 1.32 bits per heavy atom. The Kier molecular flexibility index (Phi) is 3.01. The molecule has 4 rings (SSSR count). The number of allylic oxidation sites excluding steroid dienone is 2. The van der Waals surface area contributed by atoms with Crippen LogP contribution in [0.5, 0.6) is 0 Å². The fourth-order valence-corrected chi connectivity index (χ4v) is 3.21. The van der Waals surface area contributed by atoms with E-state index in [2.05, 4.69) is 79.4 Å². The van der Waals surface area contributed by atoms with Crippen LogP contribution in [0, 0.1) is 0 Å². The van der Waals surface area contributed by atoms with Gasteiger partial charge in [0, 0.05) is 0 Å². The molecule has 0 amide bonds. The van der Waals surface area contributed by atoms with E-state index in [0.29, 0.717) is 0 Å². The van der Waals surface area contributed by atoms with Gasteiger partial charge in [-0.2, -0.15) is 0 Å². The van der Waals surface area contributed by atoms with E-state index < -0.39 is 0 Å². The van der Waals surface area contributed by atoms with Crippen LogP contribution in [0.15, 0.2) is 85.5 Å². The average molecular weight is 280 g/mol. The van der Waals surface area contributed by atoms with Gasteiger partial charge in [-0.05, 0) is 38.9 Å². The number of rotatable bonds is 3. The van der Waals surface area contributed by atoms with Gasteiger partial charge >= 0.3 is 0 Å². The highest BCUT2D eigenvalue weighted by Crippen LogP contribution is 2.53. The molecular formula is C22H16. The van der Waals surface area contributed by atoms with E-state index in [1.807, 2.05) is 12.2 Å². The third-order valence-electron chi connectivity index (χ3n) is 4.20. The highest BCUT2D eigenvalue weighted by molar-refractivity contribution is 6.11. The average Bonchev–Trinajstić information content (AvgIpc) is 2.57. The van der Waals surface area contributed by atoms with Crippen LogP contribution in [0.1, 0.15) is 5.56 Å². The number of hydrogen-bond acceptors (Lipinski definition) is 0. The van der Waals surface area contributed by atoms with Crippen LogP contribution in [0.4, 0.5) is 0 Å². The molecule has 0 aromatic heterocycles. The summed E-state index contributed by atoms with van der Waals surface area (Å²) >= 11 is 0. The maximum Gasteiger partial charge on any atom is -0.00143 e. The van der Waals surface area contributed by atoms with Gasteiger partial charge in [0.1, 0.15) is 0 Å². The van der Waals surface area contributed by atoms with Gasteiger partial charge in [0.2, 0.25) is 0 Å². The first-order chi connectivity index (χ1) is 10.9. The van der Waals surface area contributed by atoms with Crippen molar-refractivity contribution in [2.75, 3.05) is 0 Å². The molecule has 22 heavy (non-hydrogen) atoms. The molecule has 3 aromatic carbocycles. The van der Waals surface area contributed by atoms with E-state index in [1.165, 1.54) is 38.9 Å². The molecule has 0 heterocycles. The van der Waals surface area contributed by atoms with Crippen LogP contribution in [-0.2, 0) is 0 Å².